The Balaban J connectivity index is 1.70. The molecule has 8 nitrogen and oxygen atoms in total. The van der Waals surface area contributed by atoms with Gasteiger partial charge in [0, 0.05) is 35.3 Å². The van der Waals surface area contributed by atoms with Gasteiger partial charge in [-0.1, -0.05) is 0 Å². The molecule has 38 heavy (non-hydrogen) atoms. The van der Waals surface area contributed by atoms with E-state index in [2.05, 4.69) is 20.1 Å². The van der Waals surface area contributed by atoms with Gasteiger partial charge in [-0.25, -0.2) is 9.07 Å². The van der Waals surface area contributed by atoms with Crippen LogP contribution in [-0.4, -0.2) is 45.3 Å². The normalized spacial score (nSPS) is 16.1. The molecule has 0 aliphatic carbocycles. The number of fused-ring (bicyclic) bond motifs is 2. The molecule has 1 aliphatic heterocycles. The number of aromatic nitrogens is 3. The standard InChI is InChI=1S/C25H19ClF4N4O4/c26-11-19(35)32-21-14-4-3-8-31-23(14)18(38-25(28,29)30)10-15(21)24(36)13-6-7-17(27)22-16(13)12-34(33-22)20-5-1-2-9-37-20/h3-4,6-8,10,12,20H,1-2,5,9,11H2,(H,32,35). The Morgan fingerprint density at radius 1 is 1.16 bits per heavy atom. The van der Waals surface area contributed by atoms with Gasteiger partial charge >= 0.3 is 6.36 Å². The van der Waals surface area contributed by atoms with Crippen LogP contribution in [0.1, 0.15) is 41.4 Å². The molecule has 1 aliphatic rings. The summed E-state index contributed by atoms with van der Waals surface area (Å²) in [5.41, 5.74) is -0.842. The van der Waals surface area contributed by atoms with Crippen LogP contribution in [0.5, 0.6) is 5.75 Å². The fraction of sp³-hybridized carbons (Fsp3) is 0.280. The number of benzene rings is 2. The number of carbonyl (C=O) groups is 2. The summed E-state index contributed by atoms with van der Waals surface area (Å²) < 4.78 is 65.7. The number of hydrogen-bond acceptors (Lipinski definition) is 6. The first-order valence-corrected chi connectivity index (χ1v) is 12.1. The van der Waals surface area contributed by atoms with Crippen LogP contribution in [-0.2, 0) is 9.53 Å². The second-order valence-electron chi connectivity index (χ2n) is 8.54. The van der Waals surface area contributed by atoms with E-state index in [0.29, 0.717) is 13.0 Å². The fourth-order valence-electron chi connectivity index (χ4n) is 4.42. The zero-order valence-electron chi connectivity index (χ0n) is 19.5. The van der Waals surface area contributed by atoms with Crippen molar-refractivity contribution in [2.75, 3.05) is 17.8 Å². The van der Waals surface area contributed by atoms with Crippen LogP contribution in [0.25, 0.3) is 21.8 Å². The van der Waals surface area contributed by atoms with E-state index in [-0.39, 0.29) is 38.6 Å². The Labute approximate surface area is 217 Å². The maximum absolute atomic E-state index is 14.7. The number of nitrogens with zero attached hydrogens (tertiary/aromatic N) is 3. The molecule has 0 saturated carbocycles. The topological polar surface area (TPSA) is 95.3 Å². The molecule has 3 heterocycles. The summed E-state index contributed by atoms with van der Waals surface area (Å²) in [6, 6.07) is 5.90. The lowest BCUT2D eigenvalue weighted by Crippen LogP contribution is -2.20. The van der Waals surface area contributed by atoms with Crippen LogP contribution in [0.15, 0.2) is 42.7 Å². The van der Waals surface area contributed by atoms with Crippen LogP contribution in [0.3, 0.4) is 0 Å². The monoisotopic (exact) mass is 550 g/mol. The molecule has 0 radical (unpaired) electrons. The third-order valence-electron chi connectivity index (χ3n) is 6.05. The molecule has 1 N–H and O–H groups in total. The van der Waals surface area contributed by atoms with Crippen molar-refractivity contribution in [3.8, 4) is 5.75 Å². The number of anilines is 1. The summed E-state index contributed by atoms with van der Waals surface area (Å²) in [4.78, 5) is 30.1. The minimum absolute atomic E-state index is 0.0146. The molecule has 1 fully saturated rings. The molecule has 0 bridgehead atoms. The van der Waals surface area contributed by atoms with Gasteiger partial charge in [0.05, 0.1) is 11.3 Å². The molecule has 2 aromatic heterocycles. The summed E-state index contributed by atoms with van der Waals surface area (Å²) in [7, 11) is 0. The number of nitrogens with one attached hydrogen (secondary N) is 1. The van der Waals surface area contributed by atoms with E-state index < -0.39 is 41.7 Å². The molecule has 1 amide bonds. The van der Waals surface area contributed by atoms with E-state index in [1.165, 1.54) is 35.3 Å². The SMILES string of the molecule is O=C(CCl)Nc1c(C(=O)c2ccc(F)c3nn(C4CCCCO4)cc23)cc(OC(F)(F)F)c2ncccc12. The van der Waals surface area contributed by atoms with Crippen molar-refractivity contribution in [3.05, 3.63) is 59.7 Å². The lowest BCUT2D eigenvalue weighted by molar-refractivity contribution is -0.274. The Kier molecular flexibility index (Phi) is 6.93. The molecule has 2 aromatic carbocycles. The molecule has 1 unspecified atom stereocenters. The first kappa shape index (κ1) is 25.9. The number of ether oxygens (including phenoxy) is 2. The van der Waals surface area contributed by atoms with Gasteiger partial charge < -0.3 is 14.8 Å². The van der Waals surface area contributed by atoms with Crippen LogP contribution in [0.2, 0.25) is 0 Å². The van der Waals surface area contributed by atoms with Gasteiger partial charge in [0.1, 0.15) is 23.1 Å². The highest BCUT2D eigenvalue weighted by atomic mass is 35.5. The molecule has 4 aromatic rings. The lowest BCUT2D eigenvalue weighted by atomic mass is 9.96. The van der Waals surface area contributed by atoms with Crippen molar-refractivity contribution < 1.29 is 36.6 Å². The van der Waals surface area contributed by atoms with E-state index in [1.807, 2.05) is 0 Å². The van der Waals surface area contributed by atoms with E-state index >= 15 is 0 Å². The number of hydrogen-bond donors (Lipinski definition) is 1. The minimum Gasteiger partial charge on any atom is -0.403 e. The fourth-order valence-corrected chi connectivity index (χ4v) is 4.49. The first-order valence-electron chi connectivity index (χ1n) is 11.5. The van der Waals surface area contributed by atoms with Crippen LogP contribution >= 0.6 is 11.6 Å². The highest BCUT2D eigenvalue weighted by molar-refractivity contribution is 6.30. The van der Waals surface area contributed by atoms with Crippen molar-refractivity contribution in [2.45, 2.75) is 31.9 Å². The van der Waals surface area contributed by atoms with Gasteiger partial charge in [-0.2, -0.15) is 5.10 Å². The molecule has 1 saturated heterocycles. The molecule has 1 atom stereocenters. The van der Waals surface area contributed by atoms with Gasteiger partial charge in [-0.05, 0) is 49.6 Å². The third-order valence-corrected chi connectivity index (χ3v) is 6.29. The highest BCUT2D eigenvalue weighted by Gasteiger charge is 2.34. The Morgan fingerprint density at radius 3 is 2.68 bits per heavy atom. The first-order chi connectivity index (χ1) is 18.2. The van der Waals surface area contributed by atoms with Gasteiger partial charge in [-0.3, -0.25) is 14.6 Å². The number of alkyl halides is 4. The molecular weight excluding hydrogens is 532 g/mol. The third kappa shape index (κ3) is 5.01. The van der Waals surface area contributed by atoms with Crippen molar-refractivity contribution in [1.29, 1.82) is 0 Å². The average Bonchev–Trinajstić information content (AvgIpc) is 3.36. The molecular formula is C25H19ClF4N4O4. The molecule has 5 rings (SSSR count). The summed E-state index contributed by atoms with van der Waals surface area (Å²) in [5, 5.41) is 6.89. The second kappa shape index (κ2) is 10.2. The zero-order chi connectivity index (χ0) is 27.0. The summed E-state index contributed by atoms with van der Waals surface area (Å²) in [6.07, 6.45) is -0.424. The summed E-state index contributed by atoms with van der Waals surface area (Å²) in [5.74, 6) is -3.43. The van der Waals surface area contributed by atoms with Crippen LogP contribution < -0.4 is 10.1 Å². The number of pyridine rings is 1. The Bertz CT molecular complexity index is 1550. The summed E-state index contributed by atoms with van der Waals surface area (Å²) in [6.45, 7) is 0.506. The quantitative estimate of drug-likeness (QED) is 0.187. The average molecular weight is 551 g/mol. The largest absolute Gasteiger partial charge is 0.573 e. The van der Waals surface area contributed by atoms with E-state index in [4.69, 9.17) is 16.3 Å². The zero-order valence-corrected chi connectivity index (χ0v) is 20.3. The van der Waals surface area contributed by atoms with E-state index in [1.54, 1.807) is 0 Å². The molecule has 13 heteroatoms. The van der Waals surface area contributed by atoms with Gasteiger partial charge in [0.25, 0.3) is 0 Å². The number of rotatable bonds is 6. The number of amides is 1. The smallest absolute Gasteiger partial charge is 0.403 e. The second-order valence-corrected chi connectivity index (χ2v) is 8.81. The van der Waals surface area contributed by atoms with Crippen molar-refractivity contribution in [3.63, 3.8) is 0 Å². The maximum atomic E-state index is 14.7. The van der Waals surface area contributed by atoms with Crippen molar-refractivity contribution in [2.24, 2.45) is 0 Å². The number of ketones is 1. The highest BCUT2D eigenvalue weighted by Crippen LogP contribution is 2.38. The number of halogens is 5. The minimum atomic E-state index is -5.09. The van der Waals surface area contributed by atoms with Gasteiger partial charge in [0.2, 0.25) is 5.91 Å². The van der Waals surface area contributed by atoms with Gasteiger partial charge in [-0.15, -0.1) is 24.8 Å². The number of carbonyl (C=O) groups excluding carboxylic acids is 2. The van der Waals surface area contributed by atoms with Crippen LogP contribution in [0.4, 0.5) is 23.2 Å². The predicted molar refractivity (Wildman–Crippen MR) is 130 cm³/mol. The van der Waals surface area contributed by atoms with Crippen molar-refractivity contribution >= 4 is 50.8 Å². The van der Waals surface area contributed by atoms with Crippen LogP contribution in [0, 0.1) is 5.82 Å². The predicted octanol–water partition coefficient (Wildman–Crippen LogP) is 5.73. The molecule has 0 spiro atoms. The molecule has 198 valence electrons. The lowest BCUT2D eigenvalue weighted by Gasteiger charge is -2.22. The Morgan fingerprint density at radius 2 is 1.97 bits per heavy atom. The maximum Gasteiger partial charge on any atom is 0.573 e. The van der Waals surface area contributed by atoms with E-state index in [9.17, 15) is 27.2 Å². The van der Waals surface area contributed by atoms with Gasteiger partial charge in [0.15, 0.2) is 17.3 Å². The van der Waals surface area contributed by atoms with Crippen molar-refractivity contribution in [1.82, 2.24) is 14.8 Å². The van der Waals surface area contributed by atoms with E-state index in [0.717, 1.165) is 25.0 Å². The Hall–Kier alpha value is -3.77. The summed E-state index contributed by atoms with van der Waals surface area (Å²) >= 11 is 5.64.